The van der Waals surface area contributed by atoms with E-state index in [1.54, 1.807) is 12.0 Å². The van der Waals surface area contributed by atoms with Crippen LogP contribution in [0.3, 0.4) is 0 Å². The Morgan fingerprint density at radius 2 is 1.94 bits per heavy atom. The number of ether oxygens (including phenoxy) is 1. The number of carbonyl (C=O) groups excluding carboxylic acids is 1. The molecule has 2 heterocycles. The number of allylic oxidation sites excluding steroid dienone is 1. The molecule has 1 atom stereocenters. The van der Waals surface area contributed by atoms with E-state index in [-0.39, 0.29) is 6.03 Å². The van der Waals surface area contributed by atoms with Crippen molar-refractivity contribution in [1.82, 2.24) is 20.4 Å². The third kappa shape index (κ3) is 4.37. The molecule has 7 nitrogen and oxygen atoms in total. The van der Waals surface area contributed by atoms with Gasteiger partial charge in [0.05, 0.1) is 18.7 Å². The van der Waals surface area contributed by atoms with Gasteiger partial charge in [0, 0.05) is 17.8 Å². The van der Waals surface area contributed by atoms with Gasteiger partial charge in [-0.2, -0.15) is 4.98 Å². The highest BCUT2D eigenvalue weighted by molar-refractivity contribution is 5.87. The molecule has 1 unspecified atom stereocenters. The summed E-state index contributed by atoms with van der Waals surface area (Å²) in [5.41, 5.74) is 3.35. The Bertz CT molecular complexity index is 1120. The minimum Gasteiger partial charge on any atom is -0.497 e. The summed E-state index contributed by atoms with van der Waals surface area (Å²) < 4.78 is 11.1. The normalized spacial score (nSPS) is 16.5. The van der Waals surface area contributed by atoms with E-state index in [1.165, 1.54) is 0 Å². The highest BCUT2D eigenvalue weighted by Gasteiger charge is 2.35. The van der Waals surface area contributed by atoms with Crippen LogP contribution in [0, 0.1) is 5.92 Å². The van der Waals surface area contributed by atoms with Gasteiger partial charge in [0.2, 0.25) is 5.82 Å². The summed E-state index contributed by atoms with van der Waals surface area (Å²) in [4.78, 5) is 19.5. The van der Waals surface area contributed by atoms with Crippen LogP contribution in [0.5, 0.6) is 5.75 Å². The van der Waals surface area contributed by atoms with Gasteiger partial charge >= 0.3 is 6.03 Å². The number of nitrogens with zero attached hydrogens (tertiary/aromatic N) is 3. The van der Waals surface area contributed by atoms with Gasteiger partial charge in [0.15, 0.2) is 0 Å². The highest BCUT2D eigenvalue weighted by Crippen LogP contribution is 2.38. The fourth-order valence-corrected chi connectivity index (χ4v) is 3.82. The van der Waals surface area contributed by atoms with Crippen molar-refractivity contribution in [3.63, 3.8) is 0 Å². The number of amides is 2. The standard InChI is InChI=1S/C25H28N4O3/c1-16(2)13-14-29-17(3)21(24-27-23(28-32-24)18-9-6-5-7-10-18)22(26-25(29)30)19-11-8-12-20(15-19)31-4/h5-12,15-16,22H,13-14H2,1-4H3,(H,26,30). The number of methoxy groups -OCH3 is 1. The lowest BCUT2D eigenvalue weighted by molar-refractivity contribution is 0.202. The second-order valence-corrected chi connectivity index (χ2v) is 8.28. The predicted octanol–water partition coefficient (Wildman–Crippen LogP) is 5.29. The lowest BCUT2D eigenvalue weighted by atomic mass is 9.94. The summed E-state index contributed by atoms with van der Waals surface area (Å²) in [6.07, 6.45) is 0.890. The molecule has 2 amide bonds. The molecule has 1 N–H and O–H groups in total. The number of nitrogens with one attached hydrogen (secondary N) is 1. The number of urea groups is 1. The van der Waals surface area contributed by atoms with Gasteiger partial charge in [-0.25, -0.2) is 4.79 Å². The van der Waals surface area contributed by atoms with E-state index in [9.17, 15) is 4.79 Å². The molecule has 0 saturated heterocycles. The van der Waals surface area contributed by atoms with Crippen LogP contribution in [0.15, 0.2) is 64.8 Å². The van der Waals surface area contributed by atoms with Gasteiger partial charge < -0.3 is 14.6 Å². The van der Waals surface area contributed by atoms with Crippen LogP contribution in [0.4, 0.5) is 4.79 Å². The van der Waals surface area contributed by atoms with E-state index in [1.807, 2.05) is 61.5 Å². The molecule has 1 aliphatic heterocycles. The molecule has 0 fully saturated rings. The smallest absolute Gasteiger partial charge is 0.322 e. The summed E-state index contributed by atoms with van der Waals surface area (Å²) in [6, 6.07) is 16.8. The molecule has 1 aromatic heterocycles. The van der Waals surface area contributed by atoms with Crippen molar-refractivity contribution < 1.29 is 14.1 Å². The molecular formula is C25H28N4O3. The van der Waals surface area contributed by atoms with Crippen LogP contribution < -0.4 is 10.1 Å². The van der Waals surface area contributed by atoms with Crippen molar-refractivity contribution in [1.29, 1.82) is 0 Å². The first-order valence-electron chi connectivity index (χ1n) is 10.8. The van der Waals surface area contributed by atoms with Crippen molar-refractivity contribution in [3.05, 3.63) is 71.7 Å². The summed E-state index contributed by atoms with van der Waals surface area (Å²) >= 11 is 0. The molecule has 0 radical (unpaired) electrons. The Morgan fingerprint density at radius 1 is 1.16 bits per heavy atom. The monoisotopic (exact) mass is 432 g/mol. The van der Waals surface area contributed by atoms with Crippen molar-refractivity contribution in [2.45, 2.75) is 33.2 Å². The molecule has 0 bridgehead atoms. The fraction of sp³-hybridized carbons (Fsp3) is 0.320. The van der Waals surface area contributed by atoms with Crippen LogP contribution in [0.2, 0.25) is 0 Å². The lowest BCUT2D eigenvalue weighted by Crippen LogP contribution is -2.46. The Hall–Kier alpha value is -3.61. The molecule has 1 aliphatic rings. The number of benzene rings is 2. The van der Waals surface area contributed by atoms with Crippen LogP contribution in [-0.4, -0.2) is 34.7 Å². The van der Waals surface area contributed by atoms with Gasteiger partial charge in [-0.15, -0.1) is 0 Å². The number of carbonyl (C=O) groups is 1. The Kier molecular flexibility index (Phi) is 6.25. The number of hydrogen-bond acceptors (Lipinski definition) is 5. The maximum Gasteiger partial charge on any atom is 0.322 e. The molecule has 0 aliphatic carbocycles. The second-order valence-electron chi connectivity index (χ2n) is 8.28. The second kappa shape index (κ2) is 9.26. The number of rotatable bonds is 7. The summed E-state index contributed by atoms with van der Waals surface area (Å²) in [5, 5.41) is 7.33. The first-order chi connectivity index (χ1) is 15.5. The summed E-state index contributed by atoms with van der Waals surface area (Å²) in [5.74, 6) is 2.09. The largest absolute Gasteiger partial charge is 0.497 e. The zero-order valence-electron chi connectivity index (χ0n) is 18.8. The van der Waals surface area contributed by atoms with E-state index < -0.39 is 6.04 Å². The summed E-state index contributed by atoms with van der Waals surface area (Å²) in [6.45, 7) is 6.84. The number of aromatic nitrogens is 2. The zero-order valence-corrected chi connectivity index (χ0v) is 18.8. The molecule has 4 rings (SSSR count). The van der Waals surface area contributed by atoms with E-state index >= 15 is 0 Å². The first-order valence-corrected chi connectivity index (χ1v) is 10.8. The molecule has 2 aromatic carbocycles. The Morgan fingerprint density at radius 3 is 2.66 bits per heavy atom. The van der Waals surface area contributed by atoms with Crippen LogP contribution in [-0.2, 0) is 0 Å². The van der Waals surface area contributed by atoms with Crippen molar-refractivity contribution in [2.24, 2.45) is 5.92 Å². The van der Waals surface area contributed by atoms with Crippen LogP contribution in [0.1, 0.15) is 44.7 Å². The maximum absolute atomic E-state index is 13.0. The third-order valence-electron chi connectivity index (χ3n) is 5.64. The average Bonchev–Trinajstić information content (AvgIpc) is 3.28. The molecule has 166 valence electrons. The highest BCUT2D eigenvalue weighted by atomic mass is 16.5. The lowest BCUT2D eigenvalue weighted by Gasteiger charge is -2.35. The number of hydrogen-bond donors (Lipinski definition) is 1. The van der Waals surface area contributed by atoms with Gasteiger partial charge in [-0.05, 0) is 37.0 Å². The molecule has 0 spiro atoms. The molecule has 0 saturated carbocycles. The van der Waals surface area contributed by atoms with Gasteiger partial charge in [-0.1, -0.05) is 61.5 Å². The summed E-state index contributed by atoms with van der Waals surface area (Å²) in [7, 11) is 1.62. The van der Waals surface area contributed by atoms with Gasteiger partial charge in [0.1, 0.15) is 5.75 Å². The minimum absolute atomic E-state index is 0.137. The van der Waals surface area contributed by atoms with E-state index in [0.29, 0.717) is 29.9 Å². The third-order valence-corrected chi connectivity index (χ3v) is 5.64. The van der Waals surface area contributed by atoms with Crippen LogP contribution in [0.25, 0.3) is 17.0 Å². The van der Waals surface area contributed by atoms with E-state index in [4.69, 9.17) is 9.26 Å². The predicted molar refractivity (Wildman–Crippen MR) is 123 cm³/mol. The quantitative estimate of drug-likeness (QED) is 0.549. The van der Waals surface area contributed by atoms with Crippen molar-refractivity contribution >= 4 is 11.6 Å². The van der Waals surface area contributed by atoms with Crippen LogP contribution >= 0.6 is 0 Å². The Balaban J connectivity index is 1.80. The molecule has 7 heteroatoms. The topological polar surface area (TPSA) is 80.5 Å². The average molecular weight is 433 g/mol. The van der Waals surface area contributed by atoms with E-state index in [0.717, 1.165) is 28.8 Å². The van der Waals surface area contributed by atoms with Gasteiger partial charge in [0.25, 0.3) is 5.89 Å². The fourth-order valence-electron chi connectivity index (χ4n) is 3.82. The zero-order chi connectivity index (χ0) is 22.7. The molecule has 3 aromatic rings. The van der Waals surface area contributed by atoms with Gasteiger partial charge in [-0.3, -0.25) is 4.90 Å². The molecule has 32 heavy (non-hydrogen) atoms. The van der Waals surface area contributed by atoms with E-state index in [2.05, 4.69) is 29.3 Å². The maximum atomic E-state index is 13.0. The van der Waals surface area contributed by atoms with Crippen molar-refractivity contribution in [2.75, 3.05) is 13.7 Å². The minimum atomic E-state index is -0.433. The molecular weight excluding hydrogens is 404 g/mol. The SMILES string of the molecule is COc1cccc(C2NC(=O)N(CCC(C)C)C(C)=C2c2nc(-c3ccccc3)no2)c1. The Labute approximate surface area is 188 Å². The first kappa shape index (κ1) is 21.6. The van der Waals surface area contributed by atoms with Crippen molar-refractivity contribution in [3.8, 4) is 17.1 Å².